The molecule has 0 saturated heterocycles. The van der Waals surface area contributed by atoms with Gasteiger partial charge in [0.15, 0.2) is 0 Å². The number of fused-ring (bicyclic) bond motifs is 5. The molecule has 4 nitrogen and oxygen atoms in total. The Morgan fingerprint density at radius 3 is 2.72 bits per heavy atom. The van der Waals surface area contributed by atoms with Crippen molar-refractivity contribution in [2.45, 2.75) is 71.5 Å². The summed E-state index contributed by atoms with van der Waals surface area (Å²) in [6.45, 7) is 6.79. The average molecular weight is 401 g/mol. The van der Waals surface area contributed by atoms with E-state index in [2.05, 4.69) is 32.9 Å². The van der Waals surface area contributed by atoms with Crippen LogP contribution in [-0.2, 0) is 9.53 Å². The van der Waals surface area contributed by atoms with Crippen molar-refractivity contribution in [3.05, 3.63) is 35.5 Å². The summed E-state index contributed by atoms with van der Waals surface area (Å²) in [7, 11) is 1.40. The van der Waals surface area contributed by atoms with Crippen molar-refractivity contribution in [2.24, 2.45) is 34.5 Å². The van der Waals surface area contributed by atoms with E-state index in [9.17, 15) is 15.0 Å². The number of carbonyl (C=O) groups is 1. The van der Waals surface area contributed by atoms with E-state index in [4.69, 9.17) is 4.74 Å². The SMILES string of the molecule is COC(=O)/C=C/[C@@H](C)C1=CC[C@H]2C3CC=C4CC(O)CC[C@]4(C)[C@H]3C(O)C[C@]12C. The predicted octanol–water partition coefficient (Wildman–Crippen LogP) is 4.18. The molecule has 0 heterocycles. The third kappa shape index (κ3) is 3.23. The number of aliphatic hydroxyl groups is 2. The summed E-state index contributed by atoms with van der Waals surface area (Å²) in [6.07, 6.45) is 13.1. The van der Waals surface area contributed by atoms with Crippen molar-refractivity contribution >= 4 is 5.97 Å². The second kappa shape index (κ2) is 7.39. The molecule has 0 amide bonds. The van der Waals surface area contributed by atoms with Crippen molar-refractivity contribution in [3.8, 4) is 0 Å². The standard InChI is InChI=1S/C25H36O4/c1-15(5-10-22(28)29-4)19-8-9-20-18-7-6-16-13-17(26)11-12-24(16,2)23(18)21(27)14-25(19,20)3/h5-6,8,10,15,17-18,20-21,23,26-27H,7,9,11-14H2,1-4H3/b10-5+/t15-,17?,18?,20+,21?,23-,24+,25-/m1/s1. The van der Waals surface area contributed by atoms with Gasteiger partial charge >= 0.3 is 5.97 Å². The Labute approximate surface area is 174 Å². The molecule has 0 aromatic rings. The first kappa shape index (κ1) is 20.9. The van der Waals surface area contributed by atoms with Gasteiger partial charge in [0.2, 0.25) is 0 Å². The molecule has 0 bridgehead atoms. The lowest BCUT2D eigenvalue weighted by Crippen LogP contribution is -2.56. The van der Waals surface area contributed by atoms with Crippen molar-refractivity contribution < 1.29 is 19.7 Å². The number of methoxy groups -OCH3 is 1. The first-order valence-corrected chi connectivity index (χ1v) is 11.2. The molecular weight excluding hydrogens is 364 g/mol. The minimum Gasteiger partial charge on any atom is -0.466 e. The minimum atomic E-state index is -0.330. The van der Waals surface area contributed by atoms with Crippen LogP contribution in [0.15, 0.2) is 35.5 Å². The molecule has 4 rings (SSSR count). The van der Waals surface area contributed by atoms with E-state index in [1.165, 1.54) is 24.3 Å². The number of rotatable bonds is 3. The van der Waals surface area contributed by atoms with Crippen LogP contribution in [0.2, 0.25) is 0 Å². The monoisotopic (exact) mass is 400 g/mol. The first-order chi connectivity index (χ1) is 13.7. The highest BCUT2D eigenvalue weighted by molar-refractivity contribution is 5.81. The fraction of sp³-hybridized carbons (Fsp3) is 0.720. The second-order valence-electron chi connectivity index (χ2n) is 10.3. The van der Waals surface area contributed by atoms with Crippen LogP contribution >= 0.6 is 0 Å². The van der Waals surface area contributed by atoms with Gasteiger partial charge < -0.3 is 14.9 Å². The van der Waals surface area contributed by atoms with E-state index >= 15 is 0 Å². The quantitative estimate of drug-likeness (QED) is 0.424. The molecule has 4 heteroatoms. The van der Waals surface area contributed by atoms with Gasteiger partial charge in [0.05, 0.1) is 19.3 Å². The van der Waals surface area contributed by atoms with E-state index in [1.807, 2.05) is 6.08 Å². The molecule has 29 heavy (non-hydrogen) atoms. The molecule has 4 aliphatic carbocycles. The number of ether oxygens (including phenoxy) is 1. The van der Waals surface area contributed by atoms with Gasteiger partial charge in [0, 0.05) is 6.08 Å². The van der Waals surface area contributed by atoms with Crippen molar-refractivity contribution in [1.82, 2.24) is 0 Å². The Hall–Kier alpha value is -1.39. The summed E-state index contributed by atoms with van der Waals surface area (Å²) in [5.41, 5.74) is 2.72. The van der Waals surface area contributed by atoms with Crippen LogP contribution in [0.25, 0.3) is 0 Å². The topological polar surface area (TPSA) is 66.8 Å². The third-order valence-electron chi connectivity index (χ3n) is 8.87. The third-order valence-corrected chi connectivity index (χ3v) is 8.87. The Morgan fingerprint density at radius 1 is 1.24 bits per heavy atom. The zero-order chi connectivity index (χ0) is 21.0. The molecule has 3 unspecified atom stereocenters. The molecule has 0 radical (unpaired) electrons. The highest BCUT2D eigenvalue weighted by Crippen LogP contribution is 2.65. The lowest BCUT2D eigenvalue weighted by molar-refractivity contribution is -0.134. The molecule has 2 N–H and O–H groups in total. The largest absolute Gasteiger partial charge is 0.466 e. The fourth-order valence-corrected chi connectivity index (χ4v) is 7.48. The molecule has 2 saturated carbocycles. The van der Waals surface area contributed by atoms with E-state index in [-0.39, 0.29) is 40.8 Å². The van der Waals surface area contributed by atoms with Crippen LogP contribution in [0.3, 0.4) is 0 Å². The number of aliphatic hydroxyl groups excluding tert-OH is 2. The number of hydrogen-bond acceptors (Lipinski definition) is 4. The highest BCUT2D eigenvalue weighted by Gasteiger charge is 2.60. The molecule has 0 aromatic carbocycles. The zero-order valence-corrected chi connectivity index (χ0v) is 18.2. The molecule has 0 aliphatic heterocycles. The summed E-state index contributed by atoms with van der Waals surface area (Å²) >= 11 is 0. The maximum absolute atomic E-state index is 11.5. The highest BCUT2D eigenvalue weighted by atomic mass is 16.5. The summed E-state index contributed by atoms with van der Waals surface area (Å²) in [5.74, 6) is 1.11. The number of esters is 1. The van der Waals surface area contributed by atoms with Crippen LogP contribution < -0.4 is 0 Å². The Balaban J connectivity index is 1.61. The molecule has 0 aromatic heterocycles. The molecule has 0 spiro atoms. The first-order valence-electron chi connectivity index (χ1n) is 11.2. The Morgan fingerprint density at radius 2 is 2.00 bits per heavy atom. The average Bonchev–Trinajstić information content (AvgIpc) is 3.02. The van der Waals surface area contributed by atoms with Gasteiger partial charge in [0.1, 0.15) is 0 Å². The fourth-order valence-electron chi connectivity index (χ4n) is 7.48. The van der Waals surface area contributed by atoms with Gasteiger partial charge in [-0.1, -0.05) is 50.1 Å². The van der Waals surface area contributed by atoms with E-state index in [0.29, 0.717) is 11.8 Å². The van der Waals surface area contributed by atoms with Crippen molar-refractivity contribution in [2.75, 3.05) is 7.11 Å². The second-order valence-corrected chi connectivity index (χ2v) is 10.3. The van der Waals surface area contributed by atoms with Crippen LogP contribution in [-0.4, -0.2) is 35.5 Å². The molecule has 2 fully saturated rings. The Bertz CT molecular complexity index is 765. The van der Waals surface area contributed by atoms with E-state index in [0.717, 1.165) is 38.5 Å². The summed E-state index contributed by atoms with van der Waals surface area (Å²) in [5, 5.41) is 21.6. The maximum Gasteiger partial charge on any atom is 0.330 e. The van der Waals surface area contributed by atoms with Gasteiger partial charge in [-0.05, 0) is 73.0 Å². The number of hydrogen-bond donors (Lipinski definition) is 2. The molecule has 160 valence electrons. The summed E-state index contributed by atoms with van der Waals surface area (Å²) in [6, 6.07) is 0. The van der Waals surface area contributed by atoms with Gasteiger partial charge in [-0.25, -0.2) is 4.79 Å². The van der Waals surface area contributed by atoms with Crippen LogP contribution in [0.5, 0.6) is 0 Å². The van der Waals surface area contributed by atoms with Gasteiger partial charge in [-0.2, -0.15) is 0 Å². The normalized spacial score (nSPS) is 45.0. The Kier molecular flexibility index (Phi) is 5.31. The van der Waals surface area contributed by atoms with E-state index in [1.54, 1.807) is 0 Å². The minimum absolute atomic E-state index is 0.0159. The molecule has 8 atom stereocenters. The number of allylic oxidation sites excluding steroid dienone is 4. The van der Waals surface area contributed by atoms with Gasteiger partial charge in [-0.15, -0.1) is 0 Å². The number of carbonyl (C=O) groups excluding carboxylic acids is 1. The lowest BCUT2D eigenvalue weighted by atomic mass is 9.46. The van der Waals surface area contributed by atoms with Crippen LogP contribution in [0.4, 0.5) is 0 Å². The maximum atomic E-state index is 11.5. The van der Waals surface area contributed by atoms with E-state index < -0.39 is 0 Å². The van der Waals surface area contributed by atoms with Crippen LogP contribution in [0.1, 0.15) is 59.3 Å². The van der Waals surface area contributed by atoms with Crippen molar-refractivity contribution in [1.29, 1.82) is 0 Å². The molecular formula is C25H36O4. The smallest absolute Gasteiger partial charge is 0.330 e. The summed E-state index contributed by atoms with van der Waals surface area (Å²) < 4.78 is 4.74. The summed E-state index contributed by atoms with van der Waals surface area (Å²) in [4.78, 5) is 11.5. The molecule has 4 aliphatic rings. The lowest BCUT2D eigenvalue weighted by Gasteiger charge is -2.59. The van der Waals surface area contributed by atoms with Crippen molar-refractivity contribution in [3.63, 3.8) is 0 Å². The zero-order valence-electron chi connectivity index (χ0n) is 18.2. The van der Waals surface area contributed by atoms with Gasteiger partial charge in [0.25, 0.3) is 0 Å². The van der Waals surface area contributed by atoms with Crippen LogP contribution in [0, 0.1) is 34.5 Å². The predicted molar refractivity (Wildman–Crippen MR) is 113 cm³/mol. The van der Waals surface area contributed by atoms with Gasteiger partial charge in [-0.3, -0.25) is 0 Å².